The molecule has 4 aromatic rings. The van der Waals surface area contributed by atoms with Gasteiger partial charge in [0.1, 0.15) is 12.0 Å². The first-order valence-corrected chi connectivity index (χ1v) is 9.40. The van der Waals surface area contributed by atoms with Crippen LogP contribution in [0.1, 0.15) is 5.56 Å². The van der Waals surface area contributed by atoms with Crippen LogP contribution in [0.15, 0.2) is 115 Å². The maximum absolute atomic E-state index is 13.3. The fraction of sp³-hybridized carbons (Fsp3) is 0. The summed E-state index contributed by atoms with van der Waals surface area (Å²) in [6, 6.07) is 37.6. The number of hydrogen-bond donors (Lipinski definition) is 0. The van der Waals surface area contributed by atoms with E-state index in [1.54, 1.807) is 12.1 Å². The largest absolute Gasteiger partial charge is 0.292 e. The van der Waals surface area contributed by atoms with E-state index in [0.29, 0.717) is 0 Å². The molecule has 0 radical (unpaired) electrons. The van der Waals surface area contributed by atoms with Crippen molar-refractivity contribution in [2.75, 3.05) is 0 Å². The van der Waals surface area contributed by atoms with Gasteiger partial charge in [-0.15, -0.1) is 5.92 Å². The molecule has 134 valence electrons. The van der Waals surface area contributed by atoms with Gasteiger partial charge in [-0.3, -0.25) is 5.82 Å². The Labute approximate surface area is 165 Å². The zero-order valence-electron chi connectivity index (χ0n) is 15.4. The Morgan fingerprint density at radius 1 is 0.500 bits per heavy atom. The second kappa shape index (κ2) is 7.98. The van der Waals surface area contributed by atoms with Gasteiger partial charge in [0.15, 0.2) is 0 Å². The predicted molar refractivity (Wildman–Crippen MR) is 117 cm³/mol. The summed E-state index contributed by atoms with van der Waals surface area (Å²) in [6.45, 7) is 0. The van der Waals surface area contributed by atoms with E-state index in [2.05, 4.69) is 84.5 Å². The average molecular weight is 361 g/mol. The lowest BCUT2D eigenvalue weighted by molar-refractivity contribution is 0.627. The summed E-state index contributed by atoms with van der Waals surface area (Å²) in [6.07, 6.45) is -1.50. The lowest BCUT2D eigenvalue weighted by Crippen LogP contribution is -2.66. The third-order valence-corrected chi connectivity index (χ3v) is 5.18. The Bertz CT molecular complexity index is 997. The van der Waals surface area contributed by atoms with Crippen LogP contribution in [-0.2, 0) is 0 Å². The van der Waals surface area contributed by atoms with Crippen LogP contribution in [0.25, 0.3) is 0 Å². The Morgan fingerprint density at radius 3 is 1.29 bits per heavy atom. The van der Waals surface area contributed by atoms with Crippen LogP contribution >= 0.6 is 0 Å². The second-order valence-corrected chi connectivity index (χ2v) is 6.87. The average Bonchev–Trinajstić information content (AvgIpc) is 2.78. The molecular weight excluding hydrogens is 342 g/mol. The van der Waals surface area contributed by atoms with Crippen molar-refractivity contribution in [3.8, 4) is 11.7 Å². The van der Waals surface area contributed by atoms with Crippen LogP contribution in [0.3, 0.4) is 0 Å². The Kier molecular flexibility index (Phi) is 5.08. The highest BCUT2D eigenvalue weighted by molar-refractivity contribution is 7.16. The second-order valence-electron chi connectivity index (χ2n) is 6.87. The van der Waals surface area contributed by atoms with Gasteiger partial charge in [0.25, 0.3) is 0 Å². The van der Waals surface area contributed by atoms with Crippen molar-refractivity contribution in [1.82, 2.24) is 0 Å². The number of benzene rings is 4. The monoisotopic (exact) mass is 361 g/mol. The van der Waals surface area contributed by atoms with Crippen LogP contribution in [0.4, 0.5) is 4.39 Å². The smallest absolute Gasteiger partial charge is 0.149 e. The third kappa shape index (κ3) is 3.48. The minimum atomic E-state index is -1.50. The first kappa shape index (κ1) is 17.8. The molecule has 0 fully saturated rings. The zero-order valence-corrected chi connectivity index (χ0v) is 15.4. The zero-order chi connectivity index (χ0) is 19.2. The van der Waals surface area contributed by atoms with Crippen LogP contribution in [0.5, 0.6) is 0 Å². The first-order chi connectivity index (χ1) is 13.8. The highest BCUT2D eigenvalue weighted by Crippen LogP contribution is 2.08. The van der Waals surface area contributed by atoms with E-state index in [-0.39, 0.29) is 5.82 Å². The van der Waals surface area contributed by atoms with Gasteiger partial charge >= 0.3 is 0 Å². The number of hydrogen-bond acceptors (Lipinski definition) is 0. The Balaban J connectivity index is 2.00. The normalized spacial score (nSPS) is 10.8. The van der Waals surface area contributed by atoms with E-state index in [4.69, 9.17) is 0 Å². The topological polar surface area (TPSA) is 0 Å². The summed E-state index contributed by atoms with van der Waals surface area (Å²) in [5.41, 5.74) is 4.29. The van der Waals surface area contributed by atoms with E-state index in [0.717, 1.165) is 22.0 Å². The van der Waals surface area contributed by atoms with E-state index in [1.807, 2.05) is 18.2 Å². The molecule has 0 unspecified atom stereocenters. The highest BCUT2D eigenvalue weighted by atomic mass is 19.1. The van der Waals surface area contributed by atoms with Crippen LogP contribution in [0.2, 0.25) is 0 Å². The van der Waals surface area contributed by atoms with Gasteiger partial charge in [-0.2, -0.15) is 16.4 Å². The SMILES string of the molecule is Fc1ccc(C#C[B-](c2ccccc2)(c2ccccc2)c2ccccc2)cc1. The molecular formula is C26H19BF-. The predicted octanol–water partition coefficient (Wildman–Crippen LogP) is 3.89. The fourth-order valence-electron chi connectivity index (χ4n) is 3.78. The molecule has 0 N–H and O–H groups in total. The van der Waals surface area contributed by atoms with Crippen molar-refractivity contribution >= 4 is 22.5 Å². The molecule has 0 aliphatic rings. The molecule has 28 heavy (non-hydrogen) atoms. The van der Waals surface area contributed by atoms with E-state index < -0.39 is 6.15 Å². The summed E-state index contributed by atoms with van der Waals surface area (Å²) in [5, 5.41) is 0. The lowest BCUT2D eigenvalue weighted by Gasteiger charge is -2.38. The molecule has 0 saturated heterocycles. The number of halogens is 1. The minimum absolute atomic E-state index is 0.253. The van der Waals surface area contributed by atoms with Gasteiger partial charge in [0.05, 0.1) is 0 Å². The maximum Gasteiger partial charge on any atom is 0.149 e. The summed E-state index contributed by atoms with van der Waals surface area (Å²) >= 11 is 0. The van der Waals surface area contributed by atoms with E-state index >= 15 is 0 Å². The molecule has 0 aliphatic carbocycles. The minimum Gasteiger partial charge on any atom is -0.292 e. The molecule has 0 heterocycles. The van der Waals surface area contributed by atoms with Crippen molar-refractivity contribution < 1.29 is 4.39 Å². The molecule has 0 amide bonds. The summed E-state index contributed by atoms with van der Waals surface area (Å²) in [7, 11) is 0. The Hall–Kier alpha value is -3.57. The van der Waals surface area contributed by atoms with Gasteiger partial charge in [0, 0.05) is 5.56 Å². The van der Waals surface area contributed by atoms with Gasteiger partial charge < -0.3 is 0 Å². The standard InChI is InChI=1S/C26H19BF/c28-26-18-16-22(17-19-26)20-21-27(23-10-4-1-5-11-23,24-12-6-2-7-13-24)25-14-8-3-9-15-25/h1-19H/q-1. The van der Waals surface area contributed by atoms with Crippen LogP contribution in [-0.4, -0.2) is 6.15 Å². The van der Waals surface area contributed by atoms with Crippen molar-refractivity contribution in [3.63, 3.8) is 0 Å². The molecule has 0 saturated carbocycles. The molecule has 2 heteroatoms. The van der Waals surface area contributed by atoms with Crippen LogP contribution in [0, 0.1) is 17.6 Å². The maximum atomic E-state index is 13.3. The molecule has 4 aromatic carbocycles. The van der Waals surface area contributed by atoms with Crippen molar-refractivity contribution in [1.29, 1.82) is 0 Å². The molecule has 0 aromatic heterocycles. The van der Waals surface area contributed by atoms with Gasteiger partial charge in [0.2, 0.25) is 0 Å². The summed E-state index contributed by atoms with van der Waals surface area (Å²) in [5.74, 6) is 6.67. The van der Waals surface area contributed by atoms with Crippen molar-refractivity contribution in [2.24, 2.45) is 0 Å². The van der Waals surface area contributed by atoms with Crippen molar-refractivity contribution in [2.45, 2.75) is 0 Å². The van der Waals surface area contributed by atoms with Crippen molar-refractivity contribution in [3.05, 3.63) is 127 Å². The molecule has 0 nitrogen and oxygen atoms in total. The molecule has 0 spiro atoms. The quantitative estimate of drug-likeness (QED) is 0.384. The molecule has 0 bridgehead atoms. The third-order valence-electron chi connectivity index (χ3n) is 5.18. The van der Waals surface area contributed by atoms with Gasteiger partial charge in [-0.1, -0.05) is 91.0 Å². The van der Waals surface area contributed by atoms with Gasteiger partial charge in [-0.25, -0.2) is 4.39 Å². The van der Waals surface area contributed by atoms with Gasteiger partial charge in [-0.05, 0) is 24.3 Å². The summed E-state index contributed by atoms with van der Waals surface area (Å²) < 4.78 is 13.3. The van der Waals surface area contributed by atoms with E-state index in [1.165, 1.54) is 12.1 Å². The molecule has 0 atom stereocenters. The van der Waals surface area contributed by atoms with E-state index in [9.17, 15) is 4.39 Å². The van der Waals surface area contributed by atoms with Crippen LogP contribution < -0.4 is 16.4 Å². The highest BCUT2D eigenvalue weighted by Gasteiger charge is 2.27. The Morgan fingerprint density at radius 2 is 0.893 bits per heavy atom. The summed E-state index contributed by atoms with van der Waals surface area (Å²) in [4.78, 5) is 0. The fourth-order valence-corrected chi connectivity index (χ4v) is 3.78. The first-order valence-electron chi connectivity index (χ1n) is 9.40. The molecule has 4 rings (SSSR count). The lowest BCUT2D eigenvalue weighted by atomic mass is 9.16. The number of rotatable bonds is 3. The molecule has 0 aliphatic heterocycles.